The normalized spacial score (nSPS) is 20.4. The second-order valence-electron chi connectivity index (χ2n) is 8.34. The highest BCUT2D eigenvalue weighted by Gasteiger charge is 2.37. The molecule has 1 amide bonds. The molecule has 3 heterocycles. The van der Waals surface area contributed by atoms with Crippen LogP contribution in [-0.2, 0) is 11.3 Å². The standard InChI is InChI=1S/C22H30N4O2/c1-25-12-9-22(8-7-20(25)27)10-13-26(14-11-22)16-18-15-23-24-21(18)17-3-5-19(28-2)6-4-17/h3-6,15H,7-14,16H2,1-2H3,(H,23,24). The van der Waals surface area contributed by atoms with Gasteiger partial charge >= 0.3 is 0 Å². The molecule has 0 bridgehead atoms. The number of aromatic nitrogens is 2. The van der Waals surface area contributed by atoms with Crippen molar-refractivity contribution in [2.75, 3.05) is 33.8 Å². The summed E-state index contributed by atoms with van der Waals surface area (Å²) in [6.07, 6.45) is 7.22. The number of rotatable bonds is 4. The largest absolute Gasteiger partial charge is 0.497 e. The van der Waals surface area contributed by atoms with Gasteiger partial charge in [-0.3, -0.25) is 14.8 Å². The quantitative estimate of drug-likeness (QED) is 0.881. The molecule has 0 radical (unpaired) electrons. The minimum Gasteiger partial charge on any atom is -0.497 e. The number of amides is 1. The first-order valence-electron chi connectivity index (χ1n) is 10.2. The fourth-order valence-electron chi connectivity index (χ4n) is 4.58. The maximum atomic E-state index is 12.0. The second-order valence-corrected chi connectivity index (χ2v) is 8.34. The van der Waals surface area contributed by atoms with Gasteiger partial charge in [-0.05, 0) is 68.5 Å². The van der Waals surface area contributed by atoms with Crippen molar-refractivity contribution in [2.24, 2.45) is 5.41 Å². The van der Waals surface area contributed by atoms with Gasteiger partial charge in [-0.15, -0.1) is 0 Å². The van der Waals surface area contributed by atoms with Crippen LogP contribution in [-0.4, -0.2) is 59.7 Å². The molecule has 6 heteroatoms. The Bertz CT molecular complexity index is 806. The fourth-order valence-corrected chi connectivity index (χ4v) is 4.58. The van der Waals surface area contributed by atoms with Crippen LogP contribution in [0.15, 0.2) is 30.5 Å². The van der Waals surface area contributed by atoms with Crippen LogP contribution in [0.5, 0.6) is 5.75 Å². The molecule has 1 aromatic heterocycles. The zero-order valence-corrected chi connectivity index (χ0v) is 16.9. The van der Waals surface area contributed by atoms with Crippen molar-refractivity contribution in [2.45, 2.75) is 38.6 Å². The third kappa shape index (κ3) is 3.92. The molecule has 2 aliphatic heterocycles. The van der Waals surface area contributed by atoms with Gasteiger partial charge in [-0.1, -0.05) is 0 Å². The number of piperidine rings is 1. The highest BCUT2D eigenvalue weighted by molar-refractivity contribution is 5.76. The summed E-state index contributed by atoms with van der Waals surface area (Å²) in [6, 6.07) is 8.10. The van der Waals surface area contributed by atoms with Crippen molar-refractivity contribution in [1.82, 2.24) is 20.0 Å². The predicted molar refractivity (Wildman–Crippen MR) is 109 cm³/mol. The Morgan fingerprint density at radius 2 is 1.82 bits per heavy atom. The van der Waals surface area contributed by atoms with Gasteiger partial charge in [-0.25, -0.2) is 0 Å². The number of H-pyrrole nitrogens is 1. The van der Waals surface area contributed by atoms with Crippen LogP contribution in [0.4, 0.5) is 0 Å². The first kappa shape index (κ1) is 19.0. The number of nitrogens with one attached hydrogen (secondary N) is 1. The molecule has 0 aliphatic carbocycles. The van der Waals surface area contributed by atoms with Gasteiger partial charge in [0.2, 0.25) is 5.91 Å². The molecule has 0 saturated carbocycles. The molecule has 4 rings (SSSR count). The lowest BCUT2D eigenvalue weighted by molar-refractivity contribution is -0.129. The highest BCUT2D eigenvalue weighted by Crippen LogP contribution is 2.41. The van der Waals surface area contributed by atoms with Crippen molar-refractivity contribution >= 4 is 5.91 Å². The van der Waals surface area contributed by atoms with E-state index in [4.69, 9.17) is 4.74 Å². The Morgan fingerprint density at radius 3 is 2.54 bits per heavy atom. The Kier molecular flexibility index (Phi) is 5.40. The molecule has 1 N–H and O–H groups in total. The summed E-state index contributed by atoms with van der Waals surface area (Å²) >= 11 is 0. The van der Waals surface area contributed by atoms with E-state index in [1.807, 2.05) is 30.3 Å². The summed E-state index contributed by atoms with van der Waals surface area (Å²) in [7, 11) is 3.62. The van der Waals surface area contributed by atoms with E-state index in [2.05, 4.69) is 27.2 Å². The number of likely N-dealkylation sites (tertiary alicyclic amines) is 2. The Labute approximate surface area is 166 Å². The summed E-state index contributed by atoms with van der Waals surface area (Å²) in [4.78, 5) is 16.5. The summed E-state index contributed by atoms with van der Waals surface area (Å²) in [5.41, 5.74) is 3.81. The molecular weight excluding hydrogens is 352 g/mol. The van der Waals surface area contributed by atoms with E-state index in [-0.39, 0.29) is 0 Å². The number of carbonyl (C=O) groups is 1. The molecule has 1 aromatic carbocycles. The van der Waals surface area contributed by atoms with Crippen LogP contribution in [0, 0.1) is 5.41 Å². The Hall–Kier alpha value is -2.34. The predicted octanol–water partition coefficient (Wildman–Crippen LogP) is 3.31. The van der Waals surface area contributed by atoms with Crippen molar-refractivity contribution in [3.05, 3.63) is 36.0 Å². The average Bonchev–Trinajstić information content (AvgIpc) is 3.14. The summed E-state index contributed by atoms with van der Waals surface area (Å²) in [5.74, 6) is 1.17. The molecule has 150 valence electrons. The van der Waals surface area contributed by atoms with E-state index in [0.717, 1.165) is 56.0 Å². The summed E-state index contributed by atoms with van der Waals surface area (Å²) in [5, 5.41) is 7.46. The average molecular weight is 383 g/mol. The molecule has 6 nitrogen and oxygen atoms in total. The maximum Gasteiger partial charge on any atom is 0.222 e. The molecule has 2 fully saturated rings. The first-order chi connectivity index (χ1) is 13.6. The first-order valence-corrected chi connectivity index (χ1v) is 10.2. The van der Waals surface area contributed by atoms with E-state index in [1.54, 1.807) is 7.11 Å². The third-order valence-corrected chi connectivity index (χ3v) is 6.68. The van der Waals surface area contributed by atoms with E-state index in [1.165, 1.54) is 18.4 Å². The van der Waals surface area contributed by atoms with Gasteiger partial charge in [-0.2, -0.15) is 5.10 Å². The van der Waals surface area contributed by atoms with Crippen LogP contribution < -0.4 is 4.74 Å². The van der Waals surface area contributed by atoms with Crippen molar-refractivity contribution in [3.8, 4) is 17.0 Å². The van der Waals surface area contributed by atoms with Gasteiger partial charge in [0.15, 0.2) is 0 Å². The van der Waals surface area contributed by atoms with E-state index >= 15 is 0 Å². The van der Waals surface area contributed by atoms with Crippen LogP contribution in [0.1, 0.15) is 37.7 Å². The molecule has 0 atom stereocenters. The lowest BCUT2D eigenvalue weighted by Crippen LogP contribution is -2.40. The summed E-state index contributed by atoms with van der Waals surface area (Å²) < 4.78 is 5.26. The lowest BCUT2D eigenvalue weighted by atomic mass is 9.73. The Balaban J connectivity index is 1.39. The maximum absolute atomic E-state index is 12.0. The molecule has 2 aromatic rings. The van der Waals surface area contributed by atoms with Crippen LogP contribution in [0.3, 0.4) is 0 Å². The molecule has 2 saturated heterocycles. The topological polar surface area (TPSA) is 61.5 Å². The minimum atomic E-state index is 0.307. The van der Waals surface area contributed by atoms with Crippen LogP contribution in [0.2, 0.25) is 0 Å². The van der Waals surface area contributed by atoms with Crippen molar-refractivity contribution in [3.63, 3.8) is 0 Å². The van der Waals surface area contributed by atoms with Gasteiger partial charge in [0.05, 0.1) is 19.0 Å². The van der Waals surface area contributed by atoms with E-state index in [0.29, 0.717) is 17.7 Å². The third-order valence-electron chi connectivity index (χ3n) is 6.68. The van der Waals surface area contributed by atoms with Crippen LogP contribution in [0.25, 0.3) is 11.3 Å². The number of methoxy groups -OCH3 is 1. The number of ether oxygens (including phenoxy) is 1. The SMILES string of the molecule is COc1ccc(-c2[nH]ncc2CN2CCC3(CCC(=O)N(C)CC3)CC2)cc1. The van der Waals surface area contributed by atoms with Gasteiger partial charge in [0.1, 0.15) is 5.75 Å². The molecule has 2 aliphatic rings. The highest BCUT2D eigenvalue weighted by atomic mass is 16.5. The fraction of sp³-hybridized carbons (Fsp3) is 0.545. The van der Waals surface area contributed by atoms with E-state index in [9.17, 15) is 4.79 Å². The number of carbonyl (C=O) groups excluding carboxylic acids is 1. The number of hydrogen-bond donors (Lipinski definition) is 1. The molecule has 0 unspecified atom stereocenters. The monoisotopic (exact) mass is 382 g/mol. The number of nitrogens with zero attached hydrogens (tertiary/aromatic N) is 3. The molecule has 1 spiro atoms. The van der Waals surface area contributed by atoms with Crippen molar-refractivity contribution < 1.29 is 9.53 Å². The van der Waals surface area contributed by atoms with Crippen LogP contribution >= 0.6 is 0 Å². The van der Waals surface area contributed by atoms with E-state index < -0.39 is 0 Å². The number of hydrogen-bond acceptors (Lipinski definition) is 4. The Morgan fingerprint density at radius 1 is 1.11 bits per heavy atom. The zero-order valence-electron chi connectivity index (χ0n) is 16.9. The van der Waals surface area contributed by atoms with Gasteiger partial charge in [0.25, 0.3) is 0 Å². The number of aromatic amines is 1. The zero-order chi connectivity index (χ0) is 19.6. The molecule has 28 heavy (non-hydrogen) atoms. The lowest BCUT2D eigenvalue weighted by Gasteiger charge is -2.41. The second kappa shape index (κ2) is 7.95. The van der Waals surface area contributed by atoms with Crippen molar-refractivity contribution in [1.29, 1.82) is 0 Å². The number of benzene rings is 1. The molecular formula is C22H30N4O2. The minimum absolute atomic E-state index is 0.307. The van der Waals surface area contributed by atoms with Gasteiger partial charge in [0, 0.05) is 37.7 Å². The summed E-state index contributed by atoms with van der Waals surface area (Å²) in [6.45, 7) is 3.99. The smallest absolute Gasteiger partial charge is 0.222 e. The van der Waals surface area contributed by atoms with Gasteiger partial charge < -0.3 is 9.64 Å².